The van der Waals surface area contributed by atoms with E-state index in [9.17, 15) is 26.7 Å². The summed E-state index contributed by atoms with van der Waals surface area (Å²) < 4.78 is 65.8. The number of nitrogens with one attached hydrogen (secondary N) is 2. The molecular formula is C21H19ClF5N5O. The maximum absolute atomic E-state index is 13.4. The Morgan fingerprint density at radius 1 is 1.18 bits per heavy atom. The number of fused-ring (bicyclic) bond motifs is 1. The van der Waals surface area contributed by atoms with Gasteiger partial charge in [-0.25, -0.2) is 9.67 Å². The number of hydrogen-bond acceptors (Lipinski definition) is 4. The minimum absolute atomic E-state index is 0.00923. The van der Waals surface area contributed by atoms with Crippen molar-refractivity contribution < 1.29 is 26.7 Å². The molecule has 2 atom stereocenters. The number of amides is 1. The molecule has 3 aromatic rings. The van der Waals surface area contributed by atoms with Gasteiger partial charge in [-0.15, -0.1) is 0 Å². The highest BCUT2D eigenvalue weighted by Gasteiger charge is 2.34. The molecule has 1 aliphatic carbocycles. The molecule has 1 aromatic carbocycles. The molecule has 0 spiro atoms. The lowest BCUT2D eigenvalue weighted by molar-refractivity contribution is -0.140. The first-order valence-electron chi connectivity index (χ1n) is 10.2. The van der Waals surface area contributed by atoms with Gasteiger partial charge in [-0.2, -0.15) is 27.1 Å². The van der Waals surface area contributed by atoms with E-state index in [1.54, 1.807) is 6.07 Å². The standard InChI is InChI=1S/C21H19ClF5N5O/c22-12-4-5-16-15(6-12)17(8-18(31-16)21(25,26)27)29-13-2-1-3-14(7-13)30-19(33)11-9-28-32(10-11)20(23)24/h4-6,8-10,13-14,20H,1-3,7H2,(H,29,31)(H,30,33)/t13-,14+/m0/s1. The molecule has 0 aliphatic heterocycles. The van der Waals surface area contributed by atoms with Crippen molar-refractivity contribution >= 4 is 34.1 Å². The maximum atomic E-state index is 13.4. The van der Waals surface area contributed by atoms with Gasteiger partial charge in [0.1, 0.15) is 5.69 Å². The highest BCUT2D eigenvalue weighted by atomic mass is 35.5. The topological polar surface area (TPSA) is 71.8 Å². The molecule has 0 radical (unpaired) electrons. The summed E-state index contributed by atoms with van der Waals surface area (Å²) in [6.07, 6.45) is -0.0913. The molecule has 33 heavy (non-hydrogen) atoms. The second-order valence-corrected chi connectivity index (χ2v) is 8.32. The summed E-state index contributed by atoms with van der Waals surface area (Å²) in [6.45, 7) is -2.85. The number of carbonyl (C=O) groups is 1. The Labute approximate surface area is 190 Å². The molecule has 4 rings (SSSR count). The van der Waals surface area contributed by atoms with E-state index in [4.69, 9.17) is 11.6 Å². The fraction of sp³-hybridized carbons (Fsp3) is 0.381. The molecule has 1 amide bonds. The molecule has 2 N–H and O–H groups in total. The molecule has 176 valence electrons. The van der Waals surface area contributed by atoms with Gasteiger partial charge in [-0.05, 0) is 49.9 Å². The molecule has 2 aromatic heterocycles. The zero-order chi connectivity index (χ0) is 23.8. The van der Waals surface area contributed by atoms with Crippen LogP contribution < -0.4 is 10.6 Å². The number of pyridine rings is 1. The number of rotatable bonds is 5. The summed E-state index contributed by atoms with van der Waals surface area (Å²) in [6, 6.07) is 4.91. The van der Waals surface area contributed by atoms with Crippen LogP contribution in [0.1, 0.15) is 48.3 Å². The third-order valence-corrected chi connectivity index (χ3v) is 5.73. The van der Waals surface area contributed by atoms with Crippen molar-refractivity contribution in [2.45, 2.75) is 50.5 Å². The van der Waals surface area contributed by atoms with E-state index in [-0.39, 0.29) is 28.9 Å². The largest absolute Gasteiger partial charge is 0.433 e. The number of nitrogens with zero attached hydrogens (tertiary/aromatic N) is 3. The predicted octanol–water partition coefficient (Wildman–Crippen LogP) is 5.65. The lowest BCUT2D eigenvalue weighted by Crippen LogP contribution is -2.41. The number of benzene rings is 1. The molecular weight excluding hydrogens is 469 g/mol. The summed E-state index contributed by atoms with van der Waals surface area (Å²) in [7, 11) is 0. The Hall–Kier alpha value is -2.95. The highest BCUT2D eigenvalue weighted by molar-refractivity contribution is 6.31. The summed E-state index contributed by atoms with van der Waals surface area (Å²) in [4.78, 5) is 16.1. The van der Waals surface area contributed by atoms with E-state index in [2.05, 4.69) is 20.7 Å². The summed E-state index contributed by atoms with van der Waals surface area (Å²) in [5.41, 5.74) is -0.593. The van der Waals surface area contributed by atoms with Crippen LogP contribution in [0, 0.1) is 0 Å². The first kappa shape index (κ1) is 23.2. The van der Waals surface area contributed by atoms with E-state index < -0.39 is 24.3 Å². The van der Waals surface area contributed by atoms with Crippen LogP contribution in [0.5, 0.6) is 0 Å². The van der Waals surface area contributed by atoms with Crippen molar-refractivity contribution in [3.63, 3.8) is 0 Å². The number of anilines is 1. The molecule has 0 bridgehead atoms. The molecule has 1 saturated carbocycles. The zero-order valence-corrected chi connectivity index (χ0v) is 17.8. The number of aromatic nitrogens is 3. The molecule has 12 heteroatoms. The number of carbonyl (C=O) groups excluding carboxylic acids is 1. The van der Waals surface area contributed by atoms with Crippen molar-refractivity contribution in [1.82, 2.24) is 20.1 Å². The first-order valence-corrected chi connectivity index (χ1v) is 10.5. The minimum Gasteiger partial charge on any atom is -0.382 e. The second-order valence-electron chi connectivity index (χ2n) is 7.88. The molecule has 1 fully saturated rings. The van der Waals surface area contributed by atoms with Crippen molar-refractivity contribution in [2.75, 3.05) is 5.32 Å². The van der Waals surface area contributed by atoms with Gasteiger partial charge in [0.15, 0.2) is 0 Å². The molecule has 2 heterocycles. The maximum Gasteiger partial charge on any atom is 0.433 e. The van der Waals surface area contributed by atoms with Gasteiger partial charge in [0.05, 0.1) is 17.3 Å². The number of halogens is 6. The highest BCUT2D eigenvalue weighted by Crippen LogP contribution is 2.35. The van der Waals surface area contributed by atoms with Crippen LogP contribution in [0.25, 0.3) is 10.9 Å². The van der Waals surface area contributed by atoms with Crippen molar-refractivity contribution in [3.05, 3.63) is 52.9 Å². The SMILES string of the molecule is O=C(N[C@@H]1CCC[C@H](Nc2cc(C(F)(F)F)nc3ccc(Cl)cc23)C1)c1cnn(C(F)F)c1. The van der Waals surface area contributed by atoms with Crippen molar-refractivity contribution in [3.8, 4) is 0 Å². The molecule has 6 nitrogen and oxygen atoms in total. The summed E-state index contributed by atoms with van der Waals surface area (Å²) >= 11 is 6.04. The van der Waals surface area contributed by atoms with Crippen molar-refractivity contribution in [1.29, 1.82) is 0 Å². The molecule has 0 unspecified atom stereocenters. The van der Waals surface area contributed by atoms with Gasteiger partial charge in [-0.3, -0.25) is 4.79 Å². The number of hydrogen-bond donors (Lipinski definition) is 2. The molecule has 1 aliphatic rings. The van der Waals surface area contributed by atoms with Crippen LogP contribution in [0.3, 0.4) is 0 Å². The van der Waals surface area contributed by atoms with Crippen LogP contribution >= 0.6 is 11.6 Å². The van der Waals surface area contributed by atoms with Gasteiger partial charge in [0.25, 0.3) is 5.91 Å². The van der Waals surface area contributed by atoms with Crippen LogP contribution in [-0.2, 0) is 6.18 Å². The Morgan fingerprint density at radius 2 is 1.94 bits per heavy atom. The quantitative estimate of drug-likeness (QED) is 0.456. The average Bonchev–Trinajstić information content (AvgIpc) is 3.24. The fourth-order valence-electron chi connectivity index (χ4n) is 3.97. The average molecular weight is 488 g/mol. The van der Waals surface area contributed by atoms with E-state index in [1.807, 2.05) is 0 Å². The molecule has 0 saturated heterocycles. The lowest BCUT2D eigenvalue weighted by atomic mass is 9.90. The van der Waals surface area contributed by atoms with Gasteiger partial charge in [0.2, 0.25) is 0 Å². The van der Waals surface area contributed by atoms with E-state index >= 15 is 0 Å². The second kappa shape index (κ2) is 9.12. The smallest absolute Gasteiger partial charge is 0.382 e. The fourth-order valence-corrected chi connectivity index (χ4v) is 4.14. The predicted molar refractivity (Wildman–Crippen MR) is 112 cm³/mol. The van der Waals surface area contributed by atoms with Crippen LogP contribution in [0.15, 0.2) is 36.7 Å². The Kier molecular flexibility index (Phi) is 6.42. The first-order chi connectivity index (χ1) is 15.6. The van der Waals surface area contributed by atoms with Crippen LogP contribution in [0.4, 0.5) is 27.6 Å². The normalized spacial score (nSPS) is 19.1. The van der Waals surface area contributed by atoms with E-state index in [0.29, 0.717) is 34.4 Å². The van der Waals surface area contributed by atoms with Crippen LogP contribution in [-0.4, -0.2) is 32.8 Å². The lowest BCUT2D eigenvalue weighted by Gasteiger charge is -2.31. The monoisotopic (exact) mass is 487 g/mol. The third-order valence-electron chi connectivity index (χ3n) is 5.49. The Balaban J connectivity index is 1.51. The third kappa shape index (κ3) is 5.35. The zero-order valence-electron chi connectivity index (χ0n) is 17.0. The van der Waals surface area contributed by atoms with Crippen LogP contribution in [0.2, 0.25) is 5.02 Å². The summed E-state index contributed by atoms with van der Waals surface area (Å²) in [5, 5.41) is 10.2. The van der Waals surface area contributed by atoms with Gasteiger partial charge < -0.3 is 10.6 Å². The summed E-state index contributed by atoms with van der Waals surface area (Å²) in [5.74, 6) is -0.534. The van der Waals surface area contributed by atoms with Gasteiger partial charge in [0, 0.05) is 34.4 Å². The van der Waals surface area contributed by atoms with E-state index in [1.165, 1.54) is 12.1 Å². The Bertz CT molecular complexity index is 1170. The van der Waals surface area contributed by atoms with E-state index in [0.717, 1.165) is 24.9 Å². The Morgan fingerprint density at radius 3 is 2.64 bits per heavy atom. The van der Waals surface area contributed by atoms with Gasteiger partial charge in [-0.1, -0.05) is 11.6 Å². The van der Waals surface area contributed by atoms with Gasteiger partial charge >= 0.3 is 12.7 Å². The minimum atomic E-state index is -4.62. The number of alkyl halides is 5. The van der Waals surface area contributed by atoms with Crippen molar-refractivity contribution in [2.24, 2.45) is 0 Å².